The molecule has 0 bridgehead atoms. The fourth-order valence-corrected chi connectivity index (χ4v) is 1.95. The summed E-state index contributed by atoms with van der Waals surface area (Å²) in [6, 6.07) is 4.39. The van der Waals surface area contributed by atoms with Gasteiger partial charge in [0.05, 0.1) is 6.26 Å². The van der Waals surface area contributed by atoms with Crippen LogP contribution in [-0.4, -0.2) is 17.6 Å². The van der Waals surface area contributed by atoms with Crippen molar-refractivity contribution in [3.63, 3.8) is 0 Å². The fourth-order valence-electron chi connectivity index (χ4n) is 1.95. The lowest BCUT2D eigenvalue weighted by molar-refractivity contribution is 0.496. The van der Waals surface area contributed by atoms with Gasteiger partial charge in [0.15, 0.2) is 23.3 Å². The number of nitrogens with one attached hydrogen (secondary N) is 2. The molecule has 0 radical (unpaired) electrons. The van der Waals surface area contributed by atoms with E-state index >= 15 is 0 Å². The topological polar surface area (TPSA) is 50.1 Å². The summed E-state index contributed by atoms with van der Waals surface area (Å²) in [5, 5.41) is 5.78. The molecule has 1 atom stereocenters. The van der Waals surface area contributed by atoms with Gasteiger partial charge in [0.25, 0.3) is 0 Å². The van der Waals surface area contributed by atoms with E-state index in [9.17, 15) is 8.78 Å². The van der Waals surface area contributed by atoms with Crippen LogP contribution in [0, 0.1) is 11.6 Å². The Morgan fingerprint density at radius 2 is 2.05 bits per heavy atom. The molecule has 0 fully saturated rings. The highest BCUT2D eigenvalue weighted by Gasteiger charge is 2.14. The lowest BCUT2D eigenvalue weighted by Gasteiger charge is -2.15. The van der Waals surface area contributed by atoms with Crippen LogP contribution < -0.4 is 10.6 Å². The first-order valence-corrected chi connectivity index (χ1v) is 6.99. The largest absolute Gasteiger partial charge is 0.469 e. The summed E-state index contributed by atoms with van der Waals surface area (Å²) in [7, 11) is 0. The first-order valence-electron chi connectivity index (χ1n) is 6.99. The van der Waals surface area contributed by atoms with Crippen LogP contribution in [0.5, 0.6) is 0 Å². The standard InChI is InChI=1S/C15H19F2N3O/c1-3-6-18-14-12(16)9-13(17)15(20-14)19-10(2)8-11-5-4-7-21-11/h4-5,7,9-10H,3,6,8H2,1-2H3,(H2,18,19,20). The van der Waals surface area contributed by atoms with Gasteiger partial charge in [-0.25, -0.2) is 13.8 Å². The number of anilines is 2. The molecule has 4 nitrogen and oxygen atoms in total. The van der Waals surface area contributed by atoms with Crippen molar-refractivity contribution >= 4 is 11.6 Å². The Bertz CT molecular complexity index is 573. The first-order chi connectivity index (χ1) is 10.1. The summed E-state index contributed by atoms with van der Waals surface area (Å²) in [5.74, 6) is -0.507. The predicted octanol–water partition coefficient (Wildman–Crippen LogP) is 3.82. The van der Waals surface area contributed by atoms with Gasteiger partial charge < -0.3 is 15.1 Å². The maximum Gasteiger partial charge on any atom is 0.168 e. The fraction of sp³-hybridized carbons (Fsp3) is 0.400. The Labute approximate surface area is 122 Å². The third-order valence-corrected chi connectivity index (χ3v) is 2.94. The monoisotopic (exact) mass is 295 g/mol. The molecule has 0 amide bonds. The van der Waals surface area contributed by atoms with Crippen molar-refractivity contribution in [3.05, 3.63) is 41.9 Å². The molecule has 1 unspecified atom stereocenters. The van der Waals surface area contributed by atoms with Gasteiger partial charge in [-0.05, 0) is 25.5 Å². The summed E-state index contributed by atoms with van der Waals surface area (Å²) in [6.45, 7) is 4.42. The molecule has 6 heteroatoms. The molecular weight excluding hydrogens is 276 g/mol. The highest BCUT2D eigenvalue weighted by Crippen LogP contribution is 2.20. The minimum absolute atomic E-state index is 0.0362. The van der Waals surface area contributed by atoms with Gasteiger partial charge in [0.2, 0.25) is 0 Å². The molecule has 2 rings (SSSR count). The number of nitrogens with zero attached hydrogens (tertiary/aromatic N) is 1. The number of furan rings is 1. The summed E-state index contributed by atoms with van der Waals surface area (Å²) in [4.78, 5) is 3.98. The summed E-state index contributed by atoms with van der Waals surface area (Å²) in [5.41, 5.74) is 0. The van der Waals surface area contributed by atoms with Crippen molar-refractivity contribution in [1.29, 1.82) is 0 Å². The quantitative estimate of drug-likeness (QED) is 0.815. The Morgan fingerprint density at radius 1 is 1.29 bits per heavy atom. The molecule has 0 aliphatic heterocycles. The number of hydrogen-bond acceptors (Lipinski definition) is 4. The average Bonchev–Trinajstić information content (AvgIpc) is 2.93. The Kier molecular flexibility index (Phi) is 5.14. The molecule has 114 valence electrons. The van der Waals surface area contributed by atoms with Gasteiger partial charge in [-0.1, -0.05) is 6.92 Å². The second-order valence-corrected chi connectivity index (χ2v) is 4.90. The molecule has 0 saturated heterocycles. The van der Waals surface area contributed by atoms with Crippen LogP contribution in [0.1, 0.15) is 26.0 Å². The lowest BCUT2D eigenvalue weighted by atomic mass is 10.2. The molecule has 2 aromatic rings. The smallest absolute Gasteiger partial charge is 0.168 e. The van der Waals surface area contributed by atoms with Crippen LogP contribution in [0.15, 0.2) is 28.9 Å². The molecule has 21 heavy (non-hydrogen) atoms. The number of pyridine rings is 1. The normalized spacial score (nSPS) is 12.2. The van der Waals surface area contributed by atoms with Gasteiger partial charge in [-0.15, -0.1) is 0 Å². The summed E-state index contributed by atoms with van der Waals surface area (Å²) in [6.07, 6.45) is 3.00. The third kappa shape index (κ3) is 4.18. The number of halogens is 2. The number of hydrogen-bond donors (Lipinski definition) is 2. The van der Waals surface area contributed by atoms with Crippen molar-refractivity contribution in [1.82, 2.24) is 4.98 Å². The third-order valence-electron chi connectivity index (χ3n) is 2.94. The lowest BCUT2D eigenvalue weighted by Crippen LogP contribution is -2.20. The van der Waals surface area contributed by atoms with Gasteiger partial charge in [-0.2, -0.15) is 0 Å². The van der Waals surface area contributed by atoms with E-state index < -0.39 is 11.6 Å². The van der Waals surface area contributed by atoms with E-state index in [1.165, 1.54) is 0 Å². The van der Waals surface area contributed by atoms with Gasteiger partial charge in [0, 0.05) is 25.1 Å². The second-order valence-electron chi connectivity index (χ2n) is 4.90. The molecule has 0 aliphatic rings. The van der Waals surface area contributed by atoms with E-state index in [2.05, 4.69) is 15.6 Å². The van der Waals surface area contributed by atoms with Crippen molar-refractivity contribution < 1.29 is 13.2 Å². The van der Waals surface area contributed by atoms with E-state index in [0.29, 0.717) is 13.0 Å². The van der Waals surface area contributed by atoms with Crippen LogP contribution in [-0.2, 0) is 6.42 Å². The van der Waals surface area contributed by atoms with E-state index in [0.717, 1.165) is 18.2 Å². The number of aromatic nitrogens is 1. The molecule has 0 spiro atoms. The Hall–Kier alpha value is -2.11. The van der Waals surface area contributed by atoms with Crippen LogP contribution in [0.25, 0.3) is 0 Å². The zero-order valence-electron chi connectivity index (χ0n) is 12.1. The SMILES string of the molecule is CCCNc1nc(NC(C)Cc2ccco2)c(F)cc1F. The van der Waals surface area contributed by atoms with Crippen molar-refractivity contribution in [2.45, 2.75) is 32.7 Å². The first kappa shape index (κ1) is 15.3. The minimum atomic E-state index is -0.708. The predicted molar refractivity (Wildman–Crippen MR) is 78.4 cm³/mol. The van der Waals surface area contributed by atoms with Crippen LogP contribution in [0.2, 0.25) is 0 Å². The number of rotatable bonds is 7. The second kappa shape index (κ2) is 7.06. The van der Waals surface area contributed by atoms with E-state index in [1.54, 1.807) is 12.3 Å². The average molecular weight is 295 g/mol. The van der Waals surface area contributed by atoms with Crippen LogP contribution in [0.4, 0.5) is 20.4 Å². The van der Waals surface area contributed by atoms with E-state index in [-0.39, 0.29) is 17.7 Å². The summed E-state index contributed by atoms with van der Waals surface area (Å²) < 4.78 is 32.6. The Morgan fingerprint density at radius 3 is 2.71 bits per heavy atom. The maximum atomic E-state index is 13.8. The Balaban J connectivity index is 2.07. The highest BCUT2D eigenvalue weighted by molar-refractivity contribution is 5.48. The molecular formula is C15H19F2N3O. The maximum absolute atomic E-state index is 13.8. The van der Waals surface area contributed by atoms with Crippen molar-refractivity contribution in [2.24, 2.45) is 0 Å². The van der Waals surface area contributed by atoms with Crippen molar-refractivity contribution in [3.8, 4) is 0 Å². The zero-order chi connectivity index (χ0) is 15.2. The van der Waals surface area contributed by atoms with Crippen LogP contribution >= 0.6 is 0 Å². The van der Waals surface area contributed by atoms with Crippen LogP contribution in [0.3, 0.4) is 0 Å². The van der Waals surface area contributed by atoms with E-state index in [1.807, 2.05) is 19.9 Å². The van der Waals surface area contributed by atoms with Gasteiger partial charge >= 0.3 is 0 Å². The minimum Gasteiger partial charge on any atom is -0.469 e. The molecule has 2 heterocycles. The molecule has 0 aliphatic carbocycles. The van der Waals surface area contributed by atoms with Gasteiger partial charge in [-0.3, -0.25) is 0 Å². The van der Waals surface area contributed by atoms with Gasteiger partial charge in [0.1, 0.15) is 5.76 Å². The molecule has 2 aromatic heterocycles. The molecule has 2 N–H and O–H groups in total. The zero-order valence-corrected chi connectivity index (χ0v) is 12.1. The molecule has 0 aromatic carbocycles. The van der Waals surface area contributed by atoms with Crippen molar-refractivity contribution in [2.75, 3.05) is 17.2 Å². The highest BCUT2D eigenvalue weighted by atomic mass is 19.1. The van der Waals surface area contributed by atoms with E-state index in [4.69, 9.17) is 4.42 Å². The molecule has 0 saturated carbocycles. The summed E-state index contributed by atoms with van der Waals surface area (Å²) >= 11 is 0.